The van der Waals surface area contributed by atoms with Crippen molar-refractivity contribution in [2.24, 2.45) is 0 Å². The van der Waals surface area contributed by atoms with Gasteiger partial charge in [-0.1, -0.05) is 0 Å². The molecule has 17 heavy (non-hydrogen) atoms. The Bertz CT molecular complexity index is 401. The van der Waals surface area contributed by atoms with Crippen LogP contribution in [0.4, 0.5) is 0 Å². The normalized spacial score (nSPS) is 9.65. The molecule has 0 heterocycles. The minimum Gasteiger partial charge on any atom is -0.493 e. The summed E-state index contributed by atoms with van der Waals surface area (Å²) in [6.07, 6.45) is 0. The number of carbonyl (C=O) groups is 1. The quantitative estimate of drug-likeness (QED) is 0.575. The molecule has 0 aromatic heterocycles. The molecule has 0 atom stereocenters. The van der Waals surface area contributed by atoms with Gasteiger partial charge < -0.3 is 14.2 Å². The summed E-state index contributed by atoms with van der Waals surface area (Å²) < 4.78 is 15.3. The summed E-state index contributed by atoms with van der Waals surface area (Å²) in [6, 6.07) is 3.08. The Hall–Kier alpha value is -1.95. The highest BCUT2D eigenvalue weighted by molar-refractivity contribution is 5.93. The molecule has 0 saturated heterocycles. The third kappa shape index (κ3) is 2.59. The van der Waals surface area contributed by atoms with Crippen molar-refractivity contribution in [2.45, 2.75) is 0 Å². The topological polar surface area (TPSA) is 63.2 Å². The van der Waals surface area contributed by atoms with Crippen molar-refractivity contribution in [1.29, 1.82) is 0 Å². The van der Waals surface area contributed by atoms with E-state index in [9.17, 15) is 4.79 Å². The van der Waals surface area contributed by atoms with Gasteiger partial charge in [0.1, 0.15) is 5.56 Å². The number of rotatable bonds is 5. The number of hydrogen-bond acceptors (Lipinski definition) is 6. The van der Waals surface area contributed by atoms with Gasteiger partial charge in [-0.15, -0.1) is 0 Å². The van der Waals surface area contributed by atoms with Crippen LogP contribution in [0.25, 0.3) is 0 Å². The van der Waals surface area contributed by atoms with Crippen LogP contribution in [0.1, 0.15) is 10.4 Å². The lowest BCUT2D eigenvalue weighted by molar-refractivity contribution is -0.216. The average molecular weight is 242 g/mol. The Morgan fingerprint density at radius 1 is 0.941 bits per heavy atom. The Kier molecular flexibility index (Phi) is 4.59. The van der Waals surface area contributed by atoms with Crippen molar-refractivity contribution in [3.05, 3.63) is 17.7 Å². The van der Waals surface area contributed by atoms with Crippen molar-refractivity contribution in [1.82, 2.24) is 0 Å². The van der Waals surface area contributed by atoms with Crippen LogP contribution in [0.2, 0.25) is 0 Å². The SMILES string of the molecule is COOC(=O)c1ccc(OC)c(OC)c1OC. The smallest absolute Gasteiger partial charge is 0.376 e. The summed E-state index contributed by atoms with van der Waals surface area (Å²) >= 11 is 0. The predicted octanol–water partition coefficient (Wildman–Crippen LogP) is 1.43. The molecule has 94 valence electrons. The van der Waals surface area contributed by atoms with Crippen LogP contribution in [-0.2, 0) is 9.78 Å². The van der Waals surface area contributed by atoms with E-state index in [0.717, 1.165) is 0 Å². The molecule has 1 aromatic rings. The first-order valence-electron chi connectivity index (χ1n) is 4.73. The van der Waals surface area contributed by atoms with Gasteiger partial charge in [0.05, 0.1) is 28.4 Å². The lowest BCUT2D eigenvalue weighted by atomic mass is 10.1. The molecule has 0 radical (unpaired) electrons. The van der Waals surface area contributed by atoms with E-state index in [-0.39, 0.29) is 11.3 Å². The van der Waals surface area contributed by atoms with Crippen LogP contribution in [0.3, 0.4) is 0 Å². The Balaban J connectivity index is 3.27. The lowest BCUT2D eigenvalue weighted by Gasteiger charge is -2.14. The molecule has 0 amide bonds. The minimum absolute atomic E-state index is 0.187. The molecule has 1 aromatic carbocycles. The van der Waals surface area contributed by atoms with Gasteiger partial charge in [0.25, 0.3) is 0 Å². The van der Waals surface area contributed by atoms with E-state index in [4.69, 9.17) is 14.2 Å². The lowest BCUT2D eigenvalue weighted by Crippen LogP contribution is -2.07. The maximum absolute atomic E-state index is 11.6. The molecular weight excluding hydrogens is 228 g/mol. The largest absolute Gasteiger partial charge is 0.493 e. The van der Waals surface area contributed by atoms with Crippen LogP contribution in [0.15, 0.2) is 12.1 Å². The van der Waals surface area contributed by atoms with Crippen LogP contribution in [0, 0.1) is 0 Å². The fraction of sp³-hybridized carbons (Fsp3) is 0.364. The van der Waals surface area contributed by atoms with Gasteiger partial charge in [0.2, 0.25) is 5.75 Å². The summed E-state index contributed by atoms with van der Waals surface area (Å²) in [5.74, 6) is 0.332. The molecule has 0 saturated carbocycles. The molecule has 0 N–H and O–H groups in total. The standard InChI is InChI=1S/C11H14O6/c1-13-8-6-5-7(11(12)17-16-4)9(14-2)10(8)15-3/h5-6H,1-4H3. The maximum Gasteiger partial charge on any atom is 0.376 e. The molecule has 0 fully saturated rings. The van der Waals surface area contributed by atoms with Gasteiger partial charge in [-0.2, -0.15) is 4.89 Å². The zero-order chi connectivity index (χ0) is 12.8. The highest BCUT2D eigenvalue weighted by Crippen LogP contribution is 2.39. The van der Waals surface area contributed by atoms with E-state index in [1.165, 1.54) is 34.5 Å². The molecule has 0 bridgehead atoms. The fourth-order valence-corrected chi connectivity index (χ4v) is 1.38. The van der Waals surface area contributed by atoms with Crippen molar-refractivity contribution >= 4 is 5.97 Å². The molecule has 6 heteroatoms. The molecule has 1 rings (SSSR count). The average Bonchev–Trinajstić information content (AvgIpc) is 2.36. The maximum atomic E-state index is 11.6. The molecule has 0 unspecified atom stereocenters. The van der Waals surface area contributed by atoms with E-state index in [1.807, 2.05) is 0 Å². The summed E-state index contributed by atoms with van der Waals surface area (Å²) in [6.45, 7) is 0. The highest BCUT2D eigenvalue weighted by atomic mass is 17.2. The number of hydrogen-bond donors (Lipinski definition) is 0. The number of benzene rings is 1. The third-order valence-electron chi connectivity index (χ3n) is 2.08. The minimum atomic E-state index is -0.676. The van der Waals surface area contributed by atoms with Gasteiger partial charge in [0.15, 0.2) is 11.5 Å². The second-order valence-electron chi connectivity index (χ2n) is 2.92. The summed E-state index contributed by atoms with van der Waals surface area (Å²) in [7, 11) is 5.60. The first-order valence-corrected chi connectivity index (χ1v) is 4.73. The van der Waals surface area contributed by atoms with E-state index < -0.39 is 5.97 Å². The summed E-state index contributed by atoms with van der Waals surface area (Å²) in [4.78, 5) is 20.3. The van der Waals surface area contributed by atoms with Crippen LogP contribution in [0.5, 0.6) is 17.2 Å². The Morgan fingerprint density at radius 3 is 2.06 bits per heavy atom. The Labute approximate surface area is 98.9 Å². The van der Waals surface area contributed by atoms with Gasteiger partial charge in [-0.25, -0.2) is 4.79 Å². The molecule has 0 aliphatic heterocycles. The number of ether oxygens (including phenoxy) is 3. The monoisotopic (exact) mass is 242 g/mol. The fourth-order valence-electron chi connectivity index (χ4n) is 1.38. The van der Waals surface area contributed by atoms with Crippen molar-refractivity contribution in [2.75, 3.05) is 28.4 Å². The van der Waals surface area contributed by atoms with Crippen LogP contribution in [-0.4, -0.2) is 34.4 Å². The van der Waals surface area contributed by atoms with Gasteiger partial charge >= 0.3 is 5.97 Å². The van der Waals surface area contributed by atoms with Crippen LogP contribution < -0.4 is 14.2 Å². The number of methoxy groups -OCH3 is 3. The van der Waals surface area contributed by atoms with Gasteiger partial charge in [0, 0.05) is 0 Å². The number of carbonyl (C=O) groups excluding carboxylic acids is 1. The van der Waals surface area contributed by atoms with E-state index in [2.05, 4.69) is 9.78 Å². The van der Waals surface area contributed by atoms with E-state index in [1.54, 1.807) is 6.07 Å². The zero-order valence-electron chi connectivity index (χ0n) is 10.1. The summed E-state index contributed by atoms with van der Waals surface area (Å²) in [5, 5.41) is 0. The summed E-state index contributed by atoms with van der Waals surface area (Å²) in [5.41, 5.74) is 0.187. The first-order chi connectivity index (χ1) is 8.19. The van der Waals surface area contributed by atoms with Crippen molar-refractivity contribution < 1.29 is 28.8 Å². The first kappa shape index (κ1) is 13.1. The Morgan fingerprint density at radius 2 is 1.59 bits per heavy atom. The van der Waals surface area contributed by atoms with Crippen molar-refractivity contribution in [3.63, 3.8) is 0 Å². The van der Waals surface area contributed by atoms with E-state index in [0.29, 0.717) is 11.5 Å². The van der Waals surface area contributed by atoms with Gasteiger partial charge in [-0.05, 0) is 12.1 Å². The third-order valence-corrected chi connectivity index (χ3v) is 2.08. The second kappa shape index (κ2) is 5.95. The molecular formula is C11H14O6. The van der Waals surface area contributed by atoms with Crippen LogP contribution >= 0.6 is 0 Å². The van der Waals surface area contributed by atoms with E-state index >= 15 is 0 Å². The predicted molar refractivity (Wildman–Crippen MR) is 58.5 cm³/mol. The second-order valence-corrected chi connectivity index (χ2v) is 2.92. The molecule has 0 aliphatic carbocycles. The van der Waals surface area contributed by atoms with Gasteiger partial charge in [-0.3, -0.25) is 4.89 Å². The molecule has 0 spiro atoms. The highest BCUT2D eigenvalue weighted by Gasteiger charge is 2.22. The van der Waals surface area contributed by atoms with Crippen molar-refractivity contribution in [3.8, 4) is 17.2 Å². The molecule has 6 nitrogen and oxygen atoms in total. The zero-order valence-corrected chi connectivity index (χ0v) is 10.1. The molecule has 0 aliphatic rings.